The molecule has 9 heteroatoms. The molecule has 1 aliphatic heterocycles. The third-order valence-corrected chi connectivity index (χ3v) is 4.16. The molecule has 0 spiro atoms. The highest BCUT2D eigenvalue weighted by Gasteiger charge is 2.62. The van der Waals surface area contributed by atoms with E-state index in [-0.39, 0.29) is 25.3 Å². The van der Waals surface area contributed by atoms with Crippen molar-refractivity contribution < 1.29 is 33.4 Å². The Hall–Kier alpha value is -2.32. The maximum Gasteiger partial charge on any atom is 0.408 e. The van der Waals surface area contributed by atoms with Crippen molar-refractivity contribution in [2.45, 2.75) is 64.7 Å². The molecule has 1 fully saturated rings. The fraction of sp³-hybridized carbons (Fsp3) is 0.765. The Bertz CT molecular complexity index is 611. The second-order valence-corrected chi connectivity index (χ2v) is 7.19. The van der Waals surface area contributed by atoms with E-state index in [1.54, 1.807) is 34.6 Å². The van der Waals surface area contributed by atoms with E-state index in [9.17, 15) is 14.4 Å². The van der Waals surface area contributed by atoms with Crippen LogP contribution >= 0.6 is 0 Å². The summed E-state index contributed by atoms with van der Waals surface area (Å²) >= 11 is 0. The van der Waals surface area contributed by atoms with Crippen LogP contribution in [0.5, 0.6) is 0 Å². The first-order valence-corrected chi connectivity index (χ1v) is 8.73. The van der Waals surface area contributed by atoms with Gasteiger partial charge in [-0.15, -0.1) is 0 Å². The minimum atomic E-state index is -1.47. The molecule has 1 saturated carbocycles. The minimum absolute atomic E-state index is 0.119. The number of oxime groups is 1. The van der Waals surface area contributed by atoms with E-state index >= 15 is 0 Å². The van der Waals surface area contributed by atoms with Crippen molar-refractivity contribution in [3.8, 4) is 0 Å². The molecule has 9 nitrogen and oxygen atoms in total. The third-order valence-electron chi connectivity index (χ3n) is 4.16. The van der Waals surface area contributed by atoms with Gasteiger partial charge in [0.1, 0.15) is 5.60 Å². The lowest BCUT2D eigenvalue weighted by molar-refractivity contribution is -0.157. The number of carbonyl (C=O) groups is 3. The van der Waals surface area contributed by atoms with Crippen LogP contribution in [0.25, 0.3) is 0 Å². The number of ether oxygens (including phenoxy) is 3. The Morgan fingerprint density at radius 3 is 2.46 bits per heavy atom. The van der Waals surface area contributed by atoms with Crippen molar-refractivity contribution in [3.05, 3.63) is 0 Å². The SMILES string of the molecule is CCOC(=O)C1=NO[C@@H]2[C@H]1CC[C@@]2(NC(=O)OC(C)(C)C)C(=O)OCC. The highest BCUT2D eigenvalue weighted by molar-refractivity contribution is 6.37. The fourth-order valence-electron chi connectivity index (χ4n) is 3.19. The summed E-state index contributed by atoms with van der Waals surface area (Å²) < 4.78 is 15.4. The fourth-order valence-corrected chi connectivity index (χ4v) is 3.19. The van der Waals surface area contributed by atoms with Gasteiger partial charge in [0.15, 0.2) is 17.4 Å². The van der Waals surface area contributed by atoms with Crippen LogP contribution < -0.4 is 5.32 Å². The van der Waals surface area contributed by atoms with Gasteiger partial charge < -0.3 is 24.4 Å². The van der Waals surface area contributed by atoms with Gasteiger partial charge in [0.05, 0.1) is 19.1 Å². The van der Waals surface area contributed by atoms with Crippen molar-refractivity contribution in [3.63, 3.8) is 0 Å². The number of rotatable bonds is 5. The van der Waals surface area contributed by atoms with Crippen LogP contribution in [0.4, 0.5) is 4.79 Å². The van der Waals surface area contributed by atoms with Gasteiger partial charge in [-0.3, -0.25) is 0 Å². The van der Waals surface area contributed by atoms with Crippen molar-refractivity contribution in [2.24, 2.45) is 11.1 Å². The lowest BCUT2D eigenvalue weighted by Gasteiger charge is -2.32. The number of nitrogens with zero attached hydrogens (tertiary/aromatic N) is 1. The maximum atomic E-state index is 12.7. The first-order chi connectivity index (χ1) is 12.1. The Labute approximate surface area is 152 Å². The molecule has 0 saturated heterocycles. The minimum Gasteiger partial charge on any atom is -0.464 e. The molecule has 0 aromatic heterocycles. The molecule has 0 unspecified atom stereocenters. The van der Waals surface area contributed by atoms with Gasteiger partial charge in [-0.2, -0.15) is 0 Å². The number of hydrogen-bond acceptors (Lipinski definition) is 8. The third kappa shape index (κ3) is 3.91. The van der Waals surface area contributed by atoms with E-state index < -0.39 is 41.2 Å². The Morgan fingerprint density at radius 1 is 1.23 bits per heavy atom. The number of carbonyl (C=O) groups excluding carboxylic acids is 3. The molecule has 146 valence electrons. The summed E-state index contributed by atoms with van der Waals surface area (Å²) in [5.74, 6) is -1.69. The largest absolute Gasteiger partial charge is 0.464 e. The van der Waals surface area contributed by atoms with E-state index in [4.69, 9.17) is 19.0 Å². The van der Waals surface area contributed by atoms with Gasteiger partial charge in [0, 0.05) is 0 Å². The van der Waals surface area contributed by atoms with E-state index in [0.717, 1.165) is 0 Å². The van der Waals surface area contributed by atoms with Crippen molar-refractivity contribution in [2.75, 3.05) is 13.2 Å². The number of nitrogens with one attached hydrogen (secondary N) is 1. The van der Waals surface area contributed by atoms with Gasteiger partial charge in [0.2, 0.25) is 0 Å². The highest BCUT2D eigenvalue weighted by atomic mass is 16.7. The van der Waals surface area contributed by atoms with E-state index in [1.807, 2.05) is 0 Å². The average molecular weight is 370 g/mol. The molecule has 26 heavy (non-hydrogen) atoms. The first kappa shape index (κ1) is 20.0. The second kappa shape index (κ2) is 7.51. The molecular weight excluding hydrogens is 344 g/mol. The van der Waals surface area contributed by atoms with E-state index in [0.29, 0.717) is 6.42 Å². The number of esters is 2. The first-order valence-electron chi connectivity index (χ1n) is 8.73. The molecule has 0 aromatic rings. The predicted octanol–water partition coefficient (Wildman–Crippen LogP) is 1.54. The summed E-state index contributed by atoms with van der Waals surface area (Å²) in [5, 5.41) is 6.41. The maximum absolute atomic E-state index is 12.7. The van der Waals surface area contributed by atoms with Crippen molar-refractivity contribution >= 4 is 23.7 Å². The Kier molecular flexibility index (Phi) is 5.77. The van der Waals surface area contributed by atoms with Crippen LogP contribution in [0, 0.1) is 5.92 Å². The van der Waals surface area contributed by atoms with Gasteiger partial charge in [-0.05, 0) is 47.5 Å². The zero-order valence-corrected chi connectivity index (χ0v) is 15.8. The van der Waals surface area contributed by atoms with Crippen LogP contribution in [0.15, 0.2) is 5.16 Å². The van der Waals surface area contributed by atoms with Crippen molar-refractivity contribution in [1.29, 1.82) is 0 Å². The lowest BCUT2D eigenvalue weighted by atomic mass is 9.91. The van der Waals surface area contributed by atoms with Gasteiger partial charge in [-0.1, -0.05) is 5.16 Å². The normalized spacial score (nSPS) is 27.0. The van der Waals surface area contributed by atoms with Crippen LogP contribution in [0.2, 0.25) is 0 Å². The summed E-state index contributed by atoms with van der Waals surface area (Å²) in [7, 11) is 0. The smallest absolute Gasteiger partial charge is 0.408 e. The number of alkyl carbamates (subject to hydrolysis) is 1. The number of hydrogen-bond donors (Lipinski definition) is 1. The number of amides is 1. The summed E-state index contributed by atoms with van der Waals surface area (Å²) in [4.78, 5) is 42.4. The summed E-state index contributed by atoms with van der Waals surface area (Å²) in [6.07, 6.45) is -0.969. The van der Waals surface area contributed by atoms with Gasteiger partial charge in [-0.25, -0.2) is 14.4 Å². The van der Waals surface area contributed by atoms with Crippen LogP contribution in [-0.2, 0) is 28.6 Å². The average Bonchev–Trinajstić information content (AvgIpc) is 3.07. The Morgan fingerprint density at radius 2 is 1.88 bits per heavy atom. The molecule has 1 N–H and O–H groups in total. The molecule has 1 heterocycles. The number of fused-ring (bicyclic) bond motifs is 1. The molecule has 0 radical (unpaired) electrons. The van der Waals surface area contributed by atoms with Crippen LogP contribution in [-0.4, -0.2) is 54.2 Å². The monoisotopic (exact) mass is 370 g/mol. The molecule has 2 aliphatic rings. The van der Waals surface area contributed by atoms with E-state index in [1.165, 1.54) is 0 Å². The summed E-state index contributed by atoms with van der Waals surface area (Å²) in [6, 6.07) is 0. The topological polar surface area (TPSA) is 113 Å². The molecule has 1 amide bonds. The van der Waals surface area contributed by atoms with Crippen LogP contribution in [0.3, 0.4) is 0 Å². The Balaban J connectivity index is 2.24. The molecule has 1 aliphatic carbocycles. The standard InChI is InChI=1S/C17H26N2O7/c1-6-23-13(20)11-10-8-9-17(12(10)26-19-11,14(21)24-7-2)18-15(22)25-16(3,4)5/h10,12H,6-9H2,1-5H3,(H,18,22)/t10-,12+,17-/m0/s1. The van der Waals surface area contributed by atoms with E-state index in [2.05, 4.69) is 10.5 Å². The van der Waals surface area contributed by atoms with Crippen molar-refractivity contribution in [1.82, 2.24) is 5.32 Å². The second-order valence-electron chi connectivity index (χ2n) is 7.19. The molecule has 3 atom stereocenters. The molecule has 0 bridgehead atoms. The van der Waals surface area contributed by atoms with Gasteiger partial charge in [0.25, 0.3) is 0 Å². The predicted molar refractivity (Wildman–Crippen MR) is 90.4 cm³/mol. The van der Waals surface area contributed by atoms with Gasteiger partial charge >= 0.3 is 18.0 Å². The zero-order chi connectivity index (χ0) is 19.5. The van der Waals surface area contributed by atoms with Crippen LogP contribution in [0.1, 0.15) is 47.5 Å². The molecular formula is C17H26N2O7. The zero-order valence-electron chi connectivity index (χ0n) is 15.8. The molecule has 0 aromatic carbocycles. The molecule has 2 rings (SSSR count). The summed E-state index contributed by atoms with van der Waals surface area (Å²) in [6.45, 7) is 8.85. The highest BCUT2D eigenvalue weighted by Crippen LogP contribution is 2.42. The summed E-state index contributed by atoms with van der Waals surface area (Å²) in [5.41, 5.74) is -2.09. The quantitative estimate of drug-likeness (QED) is 0.577. The lowest BCUT2D eigenvalue weighted by Crippen LogP contribution is -2.61.